The van der Waals surface area contributed by atoms with E-state index in [0.717, 1.165) is 30.3 Å². The van der Waals surface area contributed by atoms with Gasteiger partial charge >= 0.3 is 128 Å². The SMILES string of the molecule is COc1cc(N=Nc2cc(S(=O)(=O)[O-])cc3cc(S(=O)(=O)[O-])cc(OS(=O)(=O)c4ccccc4)c23)c(C)cc1N=C([O-])Nc1ccc2c([O-])c(N=Nc3ccc(Nc4ccc([N+](=O)[O-])cc4S(=O)(=O)O)cc3)c(S(=O)(=O)O)cc2c1.[Na+].[Na+].[Na+].[Na+]. The van der Waals surface area contributed by atoms with E-state index in [1.54, 1.807) is 0 Å². The van der Waals surface area contributed by atoms with Crippen LogP contribution >= 0.6 is 0 Å². The predicted octanol–water partition coefficient (Wildman–Crippen LogP) is -4.59. The minimum atomic E-state index is -5.36. The second kappa shape index (κ2) is 28.2. The Morgan fingerprint density at radius 2 is 1.19 bits per heavy atom. The quantitative estimate of drug-likeness (QED) is 0.00974. The van der Waals surface area contributed by atoms with E-state index in [4.69, 9.17) is 8.92 Å². The Kier molecular flexibility index (Phi) is 24.0. The number of aryl methyl sites for hydroxylation is 1. The van der Waals surface area contributed by atoms with Crippen molar-refractivity contribution < 1.29 is 203 Å². The van der Waals surface area contributed by atoms with Crippen LogP contribution in [0.5, 0.6) is 17.2 Å². The van der Waals surface area contributed by atoms with Crippen molar-refractivity contribution in [2.75, 3.05) is 17.7 Å². The molecule has 0 atom stereocenters. The van der Waals surface area contributed by atoms with Crippen LogP contribution in [-0.2, 0) is 50.6 Å². The Labute approximate surface area is 566 Å². The summed E-state index contributed by atoms with van der Waals surface area (Å²) in [7, 11) is -24.4. The Hall–Kier alpha value is -5.06. The number of benzene rings is 8. The number of anilines is 3. The van der Waals surface area contributed by atoms with Gasteiger partial charge in [0.25, 0.3) is 25.9 Å². The molecule has 37 heteroatoms. The Morgan fingerprint density at radius 3 is 1.77 bits per heavy atom. The third kappa shape index (κ3) is 16.9. The molecule has 0 aliphatic carbocycles. The third-order valence-electron chi connectivity index (χ3n) is 11.2. The maximum Gasteiger partial charge on any atom is 1.00 e. The van der Waals surface area contributed by atoms with Crippen LogP contribution in [0.2, 0.25) is 0 Å². The van der Waals surface area contributed by atoms with Gasteiger partial charge in [0.15, 0.2) is 5.75 Å². The van der Waals surface area contributed by atoms with Crippen molar-refractivity contribution in [2.45, 2.75) is 31.4 Å². The van der Waals surface area contributed by atoms with Gasteiger partial charge in [-0.05, 0) is 114 Å². The molecule has 0 aliphatic heterocycles. The van der Waals surface area contributed by atoms with Gasteiger partial charge in [0, 0.05) is 35.6 Å². The standard InChI is InChI=1S/C47H36N8O20S5.4Na/c1-25-16-38(40(74-2)24-37(25)52-53-39-22-33(76(60,61)62)18-27-19-34(77(63,64)65)23-41(44(27)39)75-80(72,73)32-6-4-3-5-7-32)50-47(57)49-30-12-14-35-26(17-30)20-43(79(69,70)71)45(46(35)56)54-51-29-10-8-28(9-11-29)48-36-15-13-31(55(58)59)21-42(36)78(66,67)68;;;;/h3-24,48,56H,1-2H3,(H2,49,50,57)(H,60,61,62)(H,63,64,65)(H,66,67,68)(H,69,70,71);;;;/q;4*+1/p-4. The average Bonchev–Trinajstić information content (AvgIpc) is 3.56. The normalized spacial score (nSPS) is 12.2. The summed E-state index contributed by atoms with van der Waals surface area (Å²) >= 11 is 0. The van der Waals surface area contributed by atoms with Crippen LogP contribution in [0.15, 0.2) is 183 Å². The summed E-state index contributed by atoms with van der Waals surface area (Å²) in [6.07, 6.45) is 0. The smallest absolute Gasteiger partial charge is 0.871 e. The van der Waals surface area contributed by atoms with Crippen LogP contribution in [-0.4, -0.2) is 78.4 Å². The van der Waals surface area contributed by atoms with E-state index >= 15 is 0 Å². The second-order valence-corrected chi connectivity index (χ2v) is 23.6. The second-order valence-electron chi connectivity index (χ2n) is 16.5. The number of rotatable bonds is 17. The minimum Gasteiger partial charge on any atom is -0.871 e. The molecule has 84 heavy (non-hydrogen) atoms. The number of hydrogen-bond donors (Lipinski definition) is 4. The molecule has 0 unspecified atom stereocenters. The molecule has 414 valence electrons. The van der Waals surface area contributed by atoms with E-state index in [0.29, 0.717) is 30.3 Å². The minimum absolute atomic E-state index is 0. The zero-order valence-corrected chi connectivity index (χ0v) is 56.3. The molecule has 8 aromatic carbocycles. The van der Waals surface area contributed by atoms with E-state index in [1.165, 1.54) is 86.8 Å². The third-order valence-corrected chi connectivity index (χ3v) is 15.8. The molecule has 0 saturated heterocycles. The van der Waals surface area contributed by atoms with E-state index in [1.807, 2.05) is 0 Å². The van der Waals surface area contributed by atoms with Crippen molar-refractivity contribution in [2.24, 2.45) is 25.4 Å². The summed E-state index contributed by atoms with van der Waals surface area (Å²) in [5, 5.41) is 58.1. The molecule has 0 bridgehead atoms. The van der Waals surface area contributed by atoms with Crippen LogP contribution in [0.1, 0.15) is 5.56 Å². The van der Waals surface area contributed by atoms with Crippen molar-refractivity contribution in [3.8, 4) is 17.2 Å². The Morgan fingerprint density at radius 1 is 0.595 bits per heavy atom. The van der Waals surface area contributed by atoms with E-state index in [-0.39, 0.29) is 174 Å². The molecule has 0 heterocycles. The van der Waals surface area contributed by atoms with E-state index < -0.39 is 125 Å². The maximum absolute atomic E-state index is 13.7. The molecule has 0 amide bonds. The molecule has 8 rings (SSSR count). The summed E-state index contributed by atoms with van der Waals surface area (Å²) in [5.41, 5.74) is -1.98. The molecule has 0 aromatic heterocycles. The topological polar surface area (TPSA) is 451 Å². The van der Waals surface area contributed by atoms with Gasteiger partial charge in [-0.3, -0.25) is 19.2 Å². The van der Waals surface area contributed by atoms with Crippen molar-refractivity contribution in [1.82, 2.24) is 0 Å². The molecule has 0 aliphatic rings. The van der Waals surface area contributed by atoms with Crippen molar-refractivity contribution in [3.05, 3.63) is 149 Å². The van der Waals surface area contributed by atoms with E-state index in [9.17, 15) is 80.6 Å². The summed E-state index contributed by atoms with van der Waals surface area (Å²) in [4.78, 5) is 10.1. The van der Waals surface area contributed by atoms with Gasteiger partial charge in [0.1, 0.15) is 46.4 Å². The molecule has 0 radical (unpaired) electrons. The fourth-order valence-electron chi connectivity index (χ4n) is 7.50. The number of amidine groups is 1. The van der Waals surface area contributed by atoms with Crippen LogP contribution in [0.25, 0.3) is 21.5 Å². The monoisotopic (exact) mass is 1280 g/mol. The Bertz CT molecular complexity index is 4590. The van der Waals surface area contributed by atoms with Crippen molar-refractivity contribution in [1.29, 1.82) is 0 Å². The molecular formula is C47H32N8Na4O20S5. The van der Waals surface area contributed by atoms with Crippen molar-refractivity contribution >= 4 is 129 Å². The molecule has 0 saturated carbocycles. The number of fused-ring (bicyclic) bond motifs is 2. The summed E-state index contributed by atoms with van der Waals surface area (Å²) in [6, 6.07) is 23.1. The average molecular weight is 1280 g/mol. The summed E-state index contributed by atoms with van der Waals surface area (Å²) in [5.74, 6) is -1.95. The van der Waals surface area contributed by atoms with Crippen molar-refractivity contribution in [3.63, 3.8) is 0 Å². The first-order valence-electron chi connectivity index (χ1n) is 21.9. The molecule has 28 nitrogen and oxygen atoms in total. The number of aliphatic imine (C=N–C) groups is 1. The fraction of sp³-hybridized carbons (Fsp3) is 0.0426. The number of ether oxygens (including phenoxy) is 1. The van der Waals surface area contributed by atoms with Gasteiger partial charge in [-0.25, -0.2) is 21.8 Å². The van der Waals surface area contributed by atoms with Gasteiger partial charge in [-0.15, -0.1) is 10.2 Å². The zero-order chi connectivity index (χ0) is 58.3. The number of nitro benzene ring substituents is 1. The first-order chi connectivity index (χ1) is 37.4. The number of non-ortho nitro benzene ring substituents is 1. The number of hydrogen-bond acceptors (Lipinski definition) is 24. The predicted molar refractivity (Wildman–Crippen MR) is 277 cm³/mol. The Balaban J connectivity index is 0.00000378. The summed E-state index contributed by atoms with van der Waals surface area (Å²) < 4.78 is 180. The molecule has 0 fully saturated rings. The molecule has 0 spiro atoms. The number of nitrogens with one attached hydrogen (secondary N) is 2. The molecular weight excluding hydrogens is 1250 g/mol. The van der Waals surface area contributed by atoms with Crippen LogP contribution in [0.4, 0.5) is 51.2 Å². The zero-order valence-electron chi connectivity index (χ0n) is 44.2. The fourth-order valence-corrected chi connectivity index (χ4v) is 10.8. The van der Waals surface area contributed by atoms with E-state index in [2.05, 4.69) is 36.1 Å². The molecule has 8 aromatic rings. The van der Waals surface area contributed by atoms with Crippen LogP contribution in [0.3, 0.4) is 0 Å². The summed E-state index contributed by atoms with van der Waals surface area (Å²) in [6.45, 7) is 1.46. The number of azo groups is 2. The van der Waals surface area contributed by atoms with Crippen LogP contribution < -0.4 is 148 Å². The van der Waals surface area contributed by atoms with Gasteiger partial charge < -0.3 is 38.9 Å². The first-order valence-corrected chi connectivity index (χ1v) is 29.0. The number of methoxy groups -OCH3 is 1. The number of nitrogens with zero attached hydrogens (tertiary/aromatic N) is 6. The van der Waals surface area contributed by atoms with Gasteiger partial charge in [-0.2, -0.15) is 35.5 Å². The largest absolute Gasteiger partial charge is 1.00 e. The molecule has 4 N–H and O–H groups in total. The van der Waals surface area contributed by atoms with Crippen LogP contribution in [0, 0.1) is 17.0 Å². The maximum atomic E-state index is 13.7. The number of nitro groups is 1. The van der Waals surface area contributed by atoms with Gasteiger partial charge in [-0.1, -0.05) is 30.0 Å². The first kappa shape index (κ1) is 71.4. The van der Waals surface area contributed by atoms with Gasteiger partial charge in [0.05, 0.1) is 61.7 Å². The van der Waals surface area contributed by atoms with Gasteiger partial charge in [0.2, 0.25) is 0 Å².